The quantitative estimate of drug-likeness (QED) is 0.682. The van der Waals surface area contributed by atoms with E-state index in [0.717, 1.165) is 42.3 Å². The maximum absolute atomic E-state index is 12.2. The molecule has 0 radical (unpaired) electrons. The average Bonchev–Trinajstić information content (AvgIpc) is 3.20. The Morgan fingerprint density at radius 3 is 2.68 bits per heavy atom. The first kappa shape index (κ1) is 20.0. The molecule has 1 atom stereocenters. The summed E-state index contributed by atoms with van der Waals surface area (Å²) in [6, 6.07) is 15.0. The van der Waals surface area contributed by atoms with Crippen LogP contribution in [0.4, 0.5) is 11.4 Å². The lowest BCUT2D eigenvalue weighted by atomic mass is 10.2. The lowest BCUT2D eigenvalue weighted by molar-refractivity contribution is -0.114. The van der Waals surface area contributed by atoms with Gasteiger partial charge in [-0.1, -0.05) is 12.1 Å². The SMILES string of the molecule is CC(C)Oc1ccccc1NCC(=O)Nc1ccc(OCC2CCCO2)cc1. The lowest BCUT2D eigenvalue weighted by Gasteiger charge is -2.15. The summed E-state index contributed by atoms with van der Waals surface area (Å²) >= 11 is 0. The van der Waals surface area contributed by atoms with Crippen molar-refractivity contribution in [3.8, 4) is 11.5 Å². The molecule has 0 spiro atoms. The van der Waals surface area contributed by atoms with Crippen LogP contribution in [-0.4, -0.2) is 37.9 Å². The molecular weight excluding hydrogens is 356 g/mol. The van der Waals surface area contributed by atoms with Crippen LogP contribution in [0, 0.1) is 0 Å². The zero-order valence-corrected chi connectivity index (χ0v) is 16.4. The number of nitrogens with one attached hydrogen (secondary N) is 2. The number of para-hydroxylation sites is 2. The molecule has 0 saturated carbocycles. The monoisotopic (exact) mass is 384 g/mol. The van der Waals surface area contributed by atoms with Gasteiger partial charge in [0.05, 0.1) is 24.4 Å². The predicted octanol–water partition coefficient (Wildman–Crippen LogP) is 4.08. The molecule has 1 amide bonds. The van der Waals surface area contributed by atoms with E-state index in [2.05, 4.69) is 10.6 Å². The van der Waals surface area contributed by atoms with Crippen LogP contribution in [0.3, 0.4) is 0 Å². The maximum Gasteiger partial charge on any atom is 0.243 e. The minimum atomic E-state index is -0.132. The molecule has 1 heterocycles. The Balaban J connectivity index is 1.46. The highest BCUT2D eigenvalue weighted by Gasteiger charge is 2.16. The highest BCUT2D eigenvalue weighted by Crippen LogP contribution is 2.24. The fourth-order valence-electron chi connectivity index (χ4n) is 2.95. The summed E-state index contributed by atoms with van der Waals surface area (Å²) in [7, 11) is 0. The van der Waals surface area contributed by atoms with Gasteiger partial charge in [0.2, 0.25) is 5.91 Å². The summed E-state index contributed by atoms with van der Waals surface area (Å²) in [5.41, 5.74) is 1.52. The van der Waals surface area contributed by atoms with Gasteiger partial charge in [-0.15, -0.1) is 0 Å². The fraction of sp³-hybridized carbons (Fsp3) is 0.409. The van der Waals surface area contributed by atoms with Gasteiger partial charge in [-0.05, 0) is 63.1 Å². The number of amides is 1. The predicted molar refractivity (Wildman–Crippen MR) is 110 cm³/mol. The number of benzene rings is 2. The van der Waals surface area contributed by atoms with Crippen LogP contribution >= 0.6 is 0 Å². The van der Waals surface area contributed by atoms with Crippen molar-refractivity contribution in [1.82, 2.24) is 0 Å². The Morgan fingerprint density at radius 2 is 1.96 bits per heavy atom. The third-order valence-corrected chi connectivity index (χ3v) is 4.29. The van der Waals surface area contributed by atoms with Crippen molar-refractivity contribution in [2.24, 2.45) is 0 Å². The average molecular weight is 384 g/mol. The molecule has 3 rings (SSSR count). The van der Waals surface area contributed by atoms with Crippen LogP contribution in [0.1, 0.15) is 26.7 Å². The molecule has 0 bridgehead atoms. The van der Waals surface area contributed by atoms with E-state index in [1.165, 1.54) is 0 Å². The molecule has 1 aliphatic rings. The van der Waals surface area contributed by atoms with Gasteiger partial charge in [0, 0.05) is 12.3 Å². The number of hydrogen-bond acceptors (Lipinski definition) is 5. The molecule has 1 unspecified atom stereocenters. The van der Waals surface area contributed by atoms with Crippen molar-refractivity contribution >= 4 is 17.3 Å². The second-order valence-corrected chi connectivity index (χ2v) is 7.03. The van der Waals surface area contributed by atoms with Crippen LogP contribution in [0.2, 0.25) is 0 Å². The second-order valence-electron chi connectivity index (χ2n) is 7.03. The highest BCUT2D eigenvalue weighted by atomic mass is 16.5. The first-order valence-electron chi connectivity index (χ1n) is 9.74. The van der Waals surface area contributed by atoms with E-state index < -0.39 is 0 Å². The van der Waals surface area contributed by atoms with Crippen molar-refractivity contribution in [2.45, 2.75) is 38.9 Å². The maximum atomic E-state index is 12.2. The molecule has 0 aromatic heterocycles. The Hall–Kier alpha value is -2.73. The lowest BCUT2D eigenvalue weighted by Crippen LogP contribution is -2.22. The standard InChI is InChI=1S/C22H28N2O4/c1-16(2)28-21-8-4-3-7-20(21)23-14-22(25)24-17-9-11-18(12-10-17)27-15-19-6-5-13-26-19/h3-4,7-12,16,19,23H,5-6,13-15H2,1-2H3,(H,24,25). The van der Waals surface area contributed by atoms with Crippen LogP contribution in [0.25, 0.3) is 0 Å². The first-order valence-corrected chi connectivity index (χ1v) is 9.74. The summed E-state index contributed by atoms with van der Waals surface area (Å²) in [5, 5.41) is 6.00. The van der Waals surface area contributed by atoms with Crippen LogP contribution < -0.4 is 20.1 Å². The summed E-state index contributed by atoms with van der Waals surface area (Å²) in [4.78, 5) is 12.2. The Kier molecular flexibility index (Phi) is 7.14. The molecule has 6 heteroatoms. The molecule has 2 aromatic rings. The van der Waals surface area contributed by atoms with Crippen molar-refractivity contribution in [3.05, 3.63) is 48.5 Å². The van der Waals surface area contributed by atoms with Crippen LogP contribution in [0.5, 0.6) is 11.5 Å². The van der Waals surface area contributed by atoms with Gasteiger partial charge in [0.1, 0.15) is 18.1 Å². The van der Waals surface area contributed by atoms with E-state index in [-0.39, 0.29) is 24.7 Å². The molecule has 2 aromatic carbocycles. The van der Waals surface area contributed by atoms with Gasteiger partial charge in [-0.2, -0.15) is 0 Å². The molecule has 1 saturated heterocycles. The number of carbonyl (C=O) groups excluding carboxylic acids is 1. The summed E-state index contributed by atoms with van der Waals surface area (Å²) < 4.78 is 17.0. The van der Waals surface area contributed by atoms with E-state index in [1.807, 2.05) is 62.4 Å². The molecular formula is C22H28N2O4. The van der Waals surface area contributed by atoms with E-state index in [9.17, 15) is 4.79 Å². The van der Waals surface area contributed by atoms with Crippen molar-refractivity contribution in [2.75, 3.05) is 30.4 Å². The number of hydrogen-bond donors (Lipinski definition) is 2. The zero-order valence-electron chi connectivity index (χ0n) is 16.4. The van der Waals surface area contributed by atoms with E-state index in [0.29, 0.717) is 6.61 Å². The molecule has 28 heavy (non-hydrogen) atoms. The largest absolute Gasteiger partial charge is 0.491 e. The van der Waals surface area contributed by atoms with Crippen molar-refractivity contribution in [1.29, 1.82) is 0 Å². The third-order valence-electron chi connectivity index (χ3n) is 4.29. The minimum Gasteiger partial charge on any atom is -0.491 e. The van der Waals surface area contributed by atoms with E-state index >= 15 is 0 Å². The van der Waals surface area contributed by atoms with E-state index in [4.69, 9.17) is 14.2 Å². The smallest absolute Gasteiger partial charge is 0.243 e. The molecule has 6 nitrogen and oxygen atoms in total. The Bertz CT molecular complexity index is 755. The molecule has 1 aliphatic heterocycles. The van der Waals surface area contributed by atoms with Gasteiger partial charge < -0.3 is 24.8 Å². The summed E-state index contributed by atoms with van der Waals surface area (Å²) in [6.07, 6.45) is 2.40. The van der Waals surface area contributed by atoms with Crippen LogP contribution in [-0.2, 0) is 9.53 Å². The Morgan fingerprint density at radius 1 is 1.18 bits per heavy atom. The zero-order chi connectivity index (χ0) is 19.8. The first-order chi connectivity index (χ1) is 13.6. The third kappa shape index (κ3) is 6.16. The molecule has 1 fully saturated rings. The van der Waals surface area contributed by atoms with Gasteiger partial charge >= 0.3 is 0 Å². The van der Waals surface area contributed by atoms with Crippen molar-refractivity contribution < 1.29 is 19.0 Å². The fourth-order valence-corrected chi connectivity index (χ4v) is 2.95. The van der Waals surface area contributed by atoms with Gasteiger partial charge in [-0.25, -0.2) is 0 Å². The van der Waals surface area contributed by atoms with Crippen molar-refractivity contribution in [3.63, 3.8) is 0 Å². The highest BCUT2D eigenvalue weighted by molar-refractivity contribution is 5.94. The molecule has 150 valence electrons. The van der Waals surface area contributed by atoms with Gasteiger partial charge in [0.25, 0.3) is 0 Å². The number of rotatable bonds is 9. The minimum absolute atomic E-state index is 0.0674. The Labute approximate surface area is 166 Å². The van der Waals surface area contributed by atoms with Gasteiger partial charge in [-0.3, -0.25) is 4.79 Å². The summed E-state index contributed by atoms with van der Waals surface area (Å²) in [6.45, 7) is 5.47. The molecule has 2 N–H and O–H groups in total. The number of anilines is 2. The molecule has 0 aliphatic carbocycles. The second kappa shape index (κ2) is 9.99. The summed E-state index contributed by atoms with van der Waals surface area (Å²) in [5.74, 6) is 1.37. The van der Waals surface area contributed by atoms with Crippen LogP contribution in [0.15, 0.2) is 48.5 Å². The normalized spacial score (nSPS) is 16.0. The number of ether oxygens (including phenoxy) is 3. The van der Waals surface area contributed by atoms with E-state index in [1.54, 1.807) is 0 Å². The topological polar surface area (TPSA) is 68.8 Å². The van der Waals surface area contributed by atoms with Gasteiger partial charge in [0.15, 0.2) is 0 Å². The number of carbonyl (C=O) groups is 1.